The lowest BCUT2D eigenvalue weighted by atomic mass is 10.2. The van der Waals surface area contributed by atoms with Gasteiger partial charge < -0.3 is 15.1 Å². The SMILES string of the molecule is CN1CCN(CCCCNC(=O)CSc2nnc(-c3ccccc3F)n2-c2ccccc2)CC1. The topological polar surface area (TPSA) is 66.3 Å². The highest BCUT2D eigenvalue weighted by molar-refractivity contribution is 7.99. The summed E-state index contributed by atoms with van der Waals surface area (Å²) in [5.74, 6) is 0.231. The highest BCUT2D eigenvalue weighted by Crippen LogP contribution is 2.29. The fraction of sp³-hybridized carbons (Fsp3) is 0.400. The maximum atomic E-state index is 14.5. The third-order valence-electron chi connectivity index (χ3n) is 5.91. The van der Waals surface area contributed by atoms with Crippen molar-refractivity contribution in [3.63, 3.8) is 0 Å². The van der Waals surface area contributed by atoms with E-state index >= 15 is 0 Å². The Morgan fingerprint density at radius 2 is 1.74 bits per heavy atom. The quantitative estimate of drug-likeness (QED) is 0.353. The average molecular weight is 483 g/mol. The van der Waals surface area contributed by atoms with Gasteiger partial charge in [-0.2, -0.15) is 0 Å². The summed E-state index contributed by atoms with van der Waals surface area (Å²) in [6.07, 6.45) is 2.03. The van der Waals surface area contributed by atoms with Gasteiger partial charge in [0, 0.05) is 38.4 Å². The van der Waals surface area contributed by atoms with E-state index < -0.39 is 0 Å². The first-order valence-electron chi connectivity index (χ1n) is 11.7. The number of thioether (sulfide) groups is 1. The Balaban J connectivity index is 1.31. The average Bonchev–Trinajstić information content (AvgIpc) is 3.28. The molecule has 1 N–H and O–H groups in total. The summed E-state index contributed by atoms with van der Waals surface area (Å²) in [6, 6.07) is 16.1. The monoisotopic (exact) mass is 482 g/mol. The van der Waals surface area contributed by atoms with Crippen LogP contribution in [0.2, 0.25) is 0 Å². The van der Waals surface area contributed by atoms with E-state index in [-0.39, 0.29) is 17.5 Å². The van der Waals surface area contributed by atoms with Crippen LogP contribution < -0.4 is 5.32 Å². The largest absolute Gasteiger partial charge is 0.355 e. The smallest absolute Gasteiger partial charge is 0.230 e. The van der Waals surface area contributed by atoms with Crippen molar-refractivity contribution < 1.29 is 9.18 Å². The number of amides is 1. The number of nitrogens with one attached hydrogen (secondary N) is 1. The third kappa shape index (κ3) is 6.43. The zero-order valence-corrected chi connectivity index (χ0v) is 20.3. The zero-order chi connectivity index (χ0) is 23.8. The van der Waals surface area contributed by atoms with E-state index in [1.54, 1.807) is 22.8 Å². The lowest BCUT2D eigenvalue weighted by Crippen LogP contribution is -2.44. The van der Waals surface area contributed by atoms with Gasteiger partial charge in [0.05, 0.1) is 11.3 Å². The lowest BCUT2D eigenvalue weighted by molar-refractivity contribution is -0.118. The number of hydrogen-bond donors (Lipinski definition) is 1. The number of nitrogens with zero attached hydrogens (tertiary/aromatic N) is 5. The molecule has 0 bridgehead atoms. The van der Waals surface area contributed by atoms with Crippen LogP contribution in [0.15, 0.2) is 59.8 Å². The molecular weight excluding hydrogens is 451 g/mol. The number of aromatic nitrogens is 3. The van der Waals surface area contributed by atoms with Crippen LogP contribution in [-0.4, -0.2) is 82.5 Å². The number of carbonyl (C=O) groups excluding carboxylic acids is 1. The summed E-state index contributed by atoms with van der Waals surface area (Å²) in [4.78, 5) is 17.3. The number of benzene rings is 2. The molecular formula is C25H31FN6OS. The van der Waals surface area contributed by atoms with Crippen molar-refractivity contribution in [2.75, 3.05) is 52.1 Å². The molecule has 180 valence electrons. The molecule has 0 unspecified atom stereocenters. The molecule has 3 aromatic rings. The fourth-order valence-corrected chi connectivity index (χ4v) is 4.71. The van der Waals surface area contributed by atoms with Crippen molar-refractivity contribution in [2.45, 2.75) is 18.0 Å². The van der Waals surface area contributed by atoms with E-state index in [1.807, 2.05) is 30.3 Å². The number of piperazine rings is 1. The highest BCUT2D eigenvalue weighted by Gasteiger charge is 2.19. The van der Waals surface area contributed by atoms with Gasteiger partial charge in [-0.25, -0.2) is 4.39 Å². The summed E-state index contributed by atoms with van der Waals surface area (Å²) < 4.78 is 16.3. The van der Waals surface area contributed by atoms with Gasteiger partial charge in [0.15, 0.2) is 11.0 Å². The van der Waals surface area contributed by atoms with Gasteiger partial charge >= 0.3 is 0 Å². The zero-order valence-electron chi connectivity index (χ0n) is 19.5. The minimum absolute atomic E-state index is 0.0420. The van der Waals surface area contributed by atoms with Crippen molar-refractivity contribution in [3.8, 4) is 17.1 Å². The number of halogens is 1. The number of rotatable bonds is 10. The first-order valence-corrected chi connectivity index (χ1v) is 12.7. The first-order chi connectivity index (χ1) is 16.6. The molecule has 0 atom stereocenters. The summed E-state index contributed by atoms with van der Waals surface area (Å²) in [5, 5.41) is 12.1. The minimum atomic E-state index is -0.363. The summed E-state index contributed by atoms with van der Waals surface area (Å²) in [6.45, 7) is 6.24. The Hall–Kier alpha value is -2.75. The molecule has 2 heterocycles. The Labute approximate surface area is 204 Å². The molecule has 2 aromatic carbocycles. The normalized spacial score (nSPS) is 14.9. The first kappa shape index (κ1) is 24.4. The summed E-state index contributed by atoms with van der Waals surface area (Å²) in [5.41, 5.74) is 1.19. The second-order valence-corrected chi connectivity index (χ2v) is 9.39. The Kier molecular flexibility index (Phi) is 8.67. The Bertz CT molecular complexity index is 1070. The molecule has 0 aliphatic carbocycles. The van der Waals surface area contributed by atoms with Gasteiger partial charge in [-0.05, 0) is 50.7 Å². The number of unbranched alkanes of at least 4 members (excludes halogenated alkanes) is 1. The van der Waals surface area contributed by atoms with Crippen molar-refractivity contribution >= 4 is 17.7 Å². The molecule has 34 heavy (non-hydrogen) atoms. The van der Waals surface area contributed by atoms with Crippen LogP contribution in [0, 0.1) is 5.82 Å². The van der Waals surface area contributed by atoms with Gasteiger partial charge in [0.25, 0.3) is 0 Å². The molecule has 1 aliphatic heterocycles. The molecule has 1 aliphatic rings. The second kappa shape index (κ2) is 12.1. The number of hydrogen-bond acceptors (Lipinski definition) is 6. The summed E-state index contributed by atoms with van der Waals surface area (Å²) in [7, 11) is 2.16. The van der Waals surface area contributed by atoms with E-state index in [2.05, 4.69) is 32.4 Å². The molecule has 0 spiro atoms. The Morgan fingerprint density at radius 3 is 2.50 bits per heavy atom. The maximum absolute atomic E-state index is 14.5. The van der Waals surface area contributed by atoms with E-state index in [1.165, 1.54) is 17.8 Å². The van der Waals surface area contributed by atoms with E-state index in [0.29, 0.717) is 23.1 Å². The van der Waals surface area contributed by atoms with Crippen LogP contribution in [0.3, 0.4) is 0 Å². The van der Waals surface area contributed by atoms with Crippen LogP contribution in [0.25, 0.3) is 17.1 Å². The van der Waals surface area contributed by atoms with Crippen LogP contribution >= 0.6 is 11.8 Å². The predicted octanol–water partition coefficient (Wildman–Crippen LogP) is 3.31. The predicted molar refractivity (Wildman–Crippen MR) is 134 cm³/mol. The number of para-hydroxylation sites is 1. The van der Waals surface area contributed by atoms with Gasteiger partial charge in [-0.3, -0.25) is 9.36 Å². The number of carbonyl (C=O) groups is 1. The molecule has 0 radical (unpaired) electrons. The van der Waals surface area contributed by atoms with Crippen molar-refractivity contribution in [3.05, 3.63) is 60.4 Å². The second-order valence-electron chi connectivity index (χ2n) is 8.45. The third-order valence-corrected chi connectivity index (χ3v) is 6.84. The van der Waals surface area contributed by atoms with Crippen molar-refractivity contribution in [2.24, 2.45) is 0 Å². The van der Waals surface area contributed by atoms with Gasteiger partial charge in [-0.1, -0.05) is 42.1 Å². The summed E-state index contributed by atoms with van der Waals surface area (Å²) >= 11 is 1.30. The van der Waals surface area contributed by atoms with Crippen LogP contribution in [-0.2, 0) is 4.79 Å². The molecule has 7 nitrogen and oxygen atoms in total. The van der Waals surface area contributed by atoms with Gasteiger partial charge in [0.1, 0.15) is 5.82 Å². The van der Waals surface area contributed by atoms with E-state index in [4.69, 9.17) is 0 Å². The standard InChI is InChI=1S/C25H31FN6OS/c1-30-15-17-31(18-16-30)14-8-7-13-27-23(33)19-34-25-29-28-24(21-11-5-6-12-22(21)26)32(25)20-9-3-2-4-10-20/h2-6,9-12H,7-8,13-19H2,1H3,(H,27,33). The van der Waals surface area contributed by atoms with Crippen LogP contribution in [0.4, 0.5) is 4.39 Å². The highest BCUT2D eigenvalue weighted by atomic mass is 32.2. The molecule has 9 heteroatoms. The van der Waals surface area contributed by atoms with Crippen LogP contribution in [0.1, 0.15) is 12.8 Å². The van der Waals surface area contributed by atoms with E-state index in [0.717, 1.165) is 51.3 Å². The van der Waals surface area contributed by atoms with Crippen molar-refractivity contribution in [1.29, 1.82) is 0 Å². The van der Waals surface area contributed by atoms with E-state index in [9.17, 15) is 9.18 Å². The van der Waals surface area contributed by atoms with Gasteiger partial charge in [0.2, 0.25) is 5.91 Å². The number of likely N-dealkylation sites (N-methyl/N-ethyl adjacent to an activating group) is 1. The molecule has 4 rings (SSSR count). The molecule has 0 saturated carbocycles. The van der Waals surface area contributed by atoms with Crippen LogP contribution in [0.5, 0.6) is 0 Å². The molecule has 1 saturated heterocycles. The maximum Gasteiger partial charge on any atom is 0.230 e. The molecule has 1 fully saturated rings. The van der Waals surface area contributed by atoms with Gasteiger partial charge in [-0.15, -0.1) is 10.2 Å². The molecule has 1 amide bonds. The minimum Gasteiger partial charge on any atom is -0.355 e. The molecule has 1 aromatic heterocycles. The lowest BCUT2D eigenvalue weighted by Gasteiger charge is -2.32. The fourth-order valence-electron chi connectivity index (χ4n) is 3.93. The van der Waals surface area contributed by atoms with Crippen molar-refractivity contribution in [1.82, 2.24) is 29.9 Å². The Morgan fingerprint density at radius 1 is 1.00 bits per heavy atom.